The number of hydrogen-bond acceptors (Lipinski definition) is 9. The third kappa shape index (κ3) is 6.56. The molecule has 0 spiro atoms. The Kier molecular flexibility index (Phi) is 9.24. The van der Waals surface area contributed by atoms with E-state index in [2.05, 4.69) is 37.3 Å². The molecular formula is C34H31F4N7O4. The van der Waals surface area contributed by atoms with Gasteiger partial charge in [0.15, 0.2) is 0 Å². The maximum atomic E-state index is 14.9. The van der Waals surface area contributed by atoms with Crippen LogP contribution < -0.4 is 21.1 Å². The molecule has 4 aromatic rings. The third-order valence-corrected chi connectivity index (χ3v) is 8.09. The lowest BCUT2D eigenvalue weighted by atomic mass is 9.81. The first-order valence-corrected chi connectivity index (χ1v) is 14.8. The number of halogens is 4. The van der Waals surface area contributed by atoms with Crippen molar-refractivity contribution in [3.63, 3.8) is 0 Å². The van der Waals surface area contributed by atoms with Crippen LogP contribution in [-0.2, 0) is 15.8 Å². The number of nitrogens with zero attached hydrogens (tertiary/aromatic N) is 4. The second-order valence-electron chi connectivity index (χ2n) is 11.6. The Labute approximate surface area is 277 Å². The second-order valence-corrected chi connectivity index (χ2v) is 11.6. The maximum absolute atomic E-state index is 14.9. The van der Waals surface area contributed by atoms with E-state index in [0.717, 1.165) is 23.8 Å². The van der Waals surface area contributed by atoms with E-state index in [4.69, 9.17) is 10.5 Å². The molecule has 11 nitrogen and oxygen atoms in total. The normalized spacial score (nSPS) is 17.3. The number of pyridine rings is 2. The van der Waals surface area contributed by atoms with Crippen molar-refractivity contribution in [2.24, 2.45) is 15.7 Å². The number of nitrogens with one attached hydrogen (secondary N) is 2. The molecule has 5 rings (SSSR count). The highest BCUT2D eigenvalue weighted by atomic mass is 19.4. The van der Waals surface area contributed by atoms with Crippen LogP contribution in [0.1, 0.15) is 41.0 Å². The van der Waals surface area contributed by atoms with E-state index in [0.29, 0.717) is 10.9 Å². The Bertz CT molecular complexity index is 2030. The van der Waals surface area contributed by atoms with Crippen LogP contribution in [0.5, 0.6) is 5.75 Å². The molecule has 3 heterocycles. The molecule has 0 saturated heterocycles. The monoisotopic (exact) mass is 677 g/mol. The number of benzene rings is 2. The molecule has 0 radical (unpaired) electrons. The van der Waals surface area contributed by atoms with Crippen molar-refractivity contribution in [3.8, 4) is 17.0 Å². The van der Waals surface area contributed by atoms with Gasteiger partial charge in [-0.3, -0.25) is 19.6 Å². The predicted octanol–water partition coefficient (Wildman–Crippen LogP) is 5.06. The van der Waals surface area contributed by atoms with Gasteiger partial charge >= 0.3 is 6.18 Å². The number of aromatic nitrogens is 2. The van der Waals surface area contributed by atoms with E-state index in [1.165, 1.54) is 43.6 Å². The minimum Gasteiger partial charge on any atom is -0.489 e. The summed E-state index contributed by atoms with van der Waals surface area (Å²) in [6.45, 7) is 6.65. The molecule has 2 aromatic heterocycles. The fraction of sp³-hybridized carbons (Fsp3) is 0.235. The minimum atomic E-state index is -5.39. The van der Waals surface area contributed by atoms with Gasteiger partial charge in [-0.15, -0.1) is 0 Å². The molecule has 0 aliphatic carbocycles. The molecule has 254 valence electrons. The number of carbonyl (C=O) groups is 2. The lowest BCUT2D eigenvalue weighted by Crippen LogP contribution is -2.51. The SMILES string of the molecule is C=N/C(=C\N=CC)Nc1cc(C(=O)NCC(O)(c2cc3c(c(-c4ccc(F)cc4)n2)OC[C@]3(C)C(N)=O)C(F)(F)F)cc2cc(C)cnc12. The number of aliphatic imine (C=N–C) groups is 2. The third-order valence-electron chi connectivity index (χ3n) is 8.09. The van der Waals surface area contributed by atoms with E-state index in [-0.39, 0.29) is 46.2 Å². The highest BCUT2D eigenvalue weighted by Crippen LogP contribution is 2.47. The molecule has 2 aromatic carbocycles. The fourth-order valence-electron chi connectivity index (χ4n) is 5.23. The number of hydrogen-bond donors (Lipinski definition) is 4. The summed E-state index contributed by atoms with van der Waals surface area (Å²) < 4.78 is 64.0. The summed E-state index contributed by atoms with van der Waals surface area (Å²) in [6, 6.07) is 10.1. The number of nitrogens with two attached hydrogens (primary N) is 1. The smallest absolute Gasteiger partial charge is 0.424 e. The molecule has 1 aliphatic heterocycles. The second kappa shape index (κ2) is 13.1. The number of anilines is 1. The number of ether oxygens (including phenoxy) is 1. The highest BCUT2D eigenvalue weighted by Gasteiger charge is 2.57. The van der Waals surface area contributed by atoms with Crippen molar-refractivity contribution in [2.45, 2.75) is 38.0 Å². The van der Waals surface area contributed by atoms with Crippen LogP contribution in [0.2, 0.25) is 0 Å². The van der Waals surface area contributed by atoms with Gasteiger partial charge in [0.25, 0.3) is 5.91 Å². The van der Waals surface area contributed by atoms with E-state index < -0.39 is 47.1 Å². The molecule has 0 fully saturated rings. The standard InChI is InChI=1S/C34H31F4N7O4/c1-5-41-15-26(40-4)44-24-12-21(11-20-10-18(2)14-42-27(20)24)30(46)43-16-33(48,34(36,37)38)25-13-23-29(49-17-32(23,3)31(39)47)28(45-25)19-6-8-22(35)9-7-19/h5-15,44,48H,4,16-17H2,1-3H3,(H2,39,47)(H,43,46)/b26-15+,41-5?/t32-,33?/m0/s1. The first-order valence-electron chi connectivity index (χ1n) is 14.8. The molecule has 1 unspecified atom stereocenters. The lowest BCUT2D eigenvalue weighted by molar-refractivity contribution is -0.265. The van der Waals surface area contributed by atoms with Gasteiger partial charge in [-0.2, -0.15) is 13.2 Å². The van der Waals surface area contributed by atoms with Crippen molar-refractivity contribution >= 4 is 41.3 Å². The minimum absolute atomic E-state index is 0.0441. The number of amides is 2. The van der Waals surface area contributed by atoms with Crippen molar-refractivity contribution in [1.82, 2.24) is 15.3 Å². The van der Waals surface area contributed by atoms with Crippen LogP contribution in [0.4, 0.5) is 23.2 Å². The van der Waals surface area contributed by atoms with Crippen LogP contribution in [0, 0.1) is 12.7 Å². The zero-order valence-electron chi connectivity index (χ0n) is 26.5. The number of carbonyl (C=O) groups excluding carboxylic acids is 2. The Morgan fingerprint density at radius 2 is 1.90 bits per heavy atom. The first kappa shape index (κ1) is 34.6. The molecule has 0 saturated carbocycles. The van der Waals surface area contributed by atoms with Crippen LogP contribution in [-0.4, -0.2) is 59.1 Å². The zero-order valence-corrected chi connectivity index (χ0v) is 26.5. The predicted molar refractivity (Wildman–Crippen MR) is 176 cm³/mol. The van der Waals surface area contributed by atoms with Crippen molar-refractivity contribution < 1.29 is 37.0 Å². The summed E-state index contributed by atoms with van der Waals surface area (Å²) in [5.74, 6) is -2.32. The van der Waals surface area contributed by atoms with Crippen molar-refractivity contribution in [2.75, 3.05) is 18.5 Å². The summed E-state index contributed by atoms with van der Waals surface area (Å²) in [4.78, 5) is 42.4. The summed E-state index contributed by atoms with van der Waals surface area (Å²) in [5.41, 5.74) is 0.619. The molecule has 0 bridgehead atoms. The average Bonchev–Trinajstić information content (AvgIpc) is 3.42. The number of rotatable bonds is 10. The summed E-state index contributed by atoms with van der Waals surface area (Å²) in [7, 11) is 0. The lowest BCUT2D eigenvalue weighted by Gasteiger charge is -2.31. The van der Waals surface area contributed by atoms with Crippen LogP contribution in [0.3, 0.4) is 0 Å². The topological polar surface area (TPSA) is 164 Å². The average molecular weight is 678 g/mol. The summed E-state index contributed by atoms with van der Waals surface area (Å²) >= 11 is 0. The molecule has 15 heteroatoms. The Morgan fingerprint density at radius 3 is 2.53 bits per heavy atom. The number of alkyl halides is 3. The molecular weight excluding hydrogens is 646 g/mol. The van der Waals surface area contributed by atoms with Crippen LogP contribution in [0.15, 0.2) is 76.7 Å². The Hall–Kier alpha value is -5.70. The molecule has 5 N–H and O–H groups in total. The molecule has 1 aliphatic rings. The van der Waals surface area contributed by atoms with Gasteiger partial charge in [0.2, 0.25) is 11.5 Å². The Balaban J connectivity index is 1.58. The summed E-state index contributed by atoms with van der Waals surface area (Å²) in [6.07, 6.45) is -0.903. The Morgan fingerprint density at radius 1 is 1.18 bits per heavy atom. The van der Waals surface area contributed by atoms with E-state index in [1.807, 2.05) is 0 Å². The van der Waals surface area contributed by atoms with Gasteiger partial charge in [0.1, 0.15) is 35.1 Å². The largest absolute Gasteiger partial charge is 0.489 e. The van der Waals surface area contributed by atoms with Gasteiger partial charge in [-0.1, -0.05) is 0 Å². The van der Waals surface area contributed by atoms with Crippen LogP contribution >= 0.6 is 0 Å². The highest BCUT2D eigenvalue weighted by molar-refractivity contribution is 6.02. The quantitative estimate of drug-likeness (QED) is 0.135. The fourth-order valence-corrected chi connectivity index (χ4v) is 5.23. The van der Waals surface area contributed by atoms with Gasteiger partial charge in [0.05, 0.1) is 29.6 Å². The van der Waals surface area contributed by atoms with E-state index in [1.54, 1.807) is 26.1 Å². The van der Waals surface area contributed by atoms with Crippen molar-refractivity contribution in [1.29, 1.82) is 0 Å². The molecule has 2 atom stereocenters. The number of fused-ring (bicyclic) bond motifs is 2. The van der Waals surface area contributed by atoms with Gasteiger partial charge in [-0.05, 0) is 81.6 Å². The molecule has 2 amide bonds. The maximum Gasteiger partial charge on any atom is 0.424 e. The van der Waals surface area contributed by atoms with Crippen molar-refractivity contribution in [3.05, 3.63) is 95.0 Å². The van der Waals surface area contributed by atoms with Gasteiger partial charge < -0.3 is 26.2 Å². The number of aliphatic hydroxyl groups is 1. The zero-order chi connectivity index (χ0) is 35.7. The first-order chi connectivity index (χ1) is 23.1. The van der Waals surface area contributed by atoms with E-state index in [9.17, 15) is 32.3 Å². The summed E-state index contributed by atoms with van der Waals surface area (Å²) in [5, 5.41) is 17.0. The van der Waals surface area contributed by atoms with Crippen LogP contribution in [0.25, 0.3) is 22.2 Å². The van der Waals surface area contributed by atoms with Gasteiger partial charge in [-0.25, -0.2) is 14.4 Å². The van der Waals surface area contributed by atoms with Gasteiger partial charge in [0, 0.05) is 34.5 Å². The van der Waals surface area contributed by atoms with E-state index >= 15 is 0 Å². The number of aryl methyl sites for hydroxylation is 1. The molecule has 49 heavy (non-hydrogen) atoms. The number of primary amides is 1.